The highest BCUT2D eigenvalue weighted by Gasteiger charge is 2.13. The first-order chi connectivity index (χ1) is 14.2. The molecule has 1 aliphatic rings. The van der Waals surface area contributed by atoms with E-state index in [9.17, 15) is 9.18 Å². The van der Waals surface area contributed by atoms with Gasteiger partial charge in [-0.05, 0) is 61.8 Å². The molecule has 0 aliphatic heterocycles. The van der Waals surface area contributed by atoms with Crippen LogP contribution in [0, 0.1) is 11.8 Å². The molecule has 6 heteroatoms. The number of halogens is 1. The molecule has 0 aromatic carbocycles. The van der Waals surface area contributed by atoms with E-state index in [0.717, 1.165) is 23.5 Å². The predicted octanol–water partition coefficient (Wildman–Crippen LogP) is 5.12. The highest BCUT2D eigenvalue weighted by Crippen LogP contribution is 2.23. The van der Waals surface area contributed by atoms with Crippen LogP contribution in [0.1, 0.15) is 46.0 Å². The molecule has 0 aromatic heterocycles. The van der Waals surface area contributed by atoms with Crippen molar-refractivity contribution in [1.82, 2.24) is 5.32 Å². The maximum Gasteiger partial charge on any atom is 0.351 e. The lowest BCUT2D eigenvalue weighted by Crippen LogP contribution is -2.22. The molecule has 0 spiro atoms. The standard InChI is InChI=1S/C24H35FN2O3/c1-5-18(6-2)13-20(16-30-22-11-9-21(25)10-12-22)8-7-19(15-27-17(3)4)14-23(26)24(28)29/h5,9,11,13-14,18-19,27H,1,3,6-8,10,12,15-16,26H2,2,4H3,(H,28,29)/b20-13+,23-14-/t18?,19-/m1/s1. The fourth-order valence-corrected chi connectivity index (χ4v) is 3.00. The summed E-state index contributed by atoms with van der Waals surface area (Å²) in [5.74, 6) is -0.337. The summed E-state index contributed by atoms with van der Waals surface area (Å²) in [6.45, 7) is 12.6. The van der Waals surface area contributed by atoms with Gasteiger partial charge in [-0.2, -0.15) is 0 Å². The molecule has 1 rings (SSSR count). The van der Waals surface area contributed by atoms with E-state index < -0.39 is 5.97 Å². The fourth-order valence-electron chi connectivity index (χ4n) is 3.00. The zero-order valence-electron chi connectivity index (χ0n) is 18.1. The summed E-state index contributed by atoms with van der Waals surface area (Å²) in [6, 6.07) is 0. The summed E-state index contributed by atoms with van der Waals surface area (Å²) in [4.78, 5) is 11.1. The molecule has 0 radical (unpaired) electrons. The lowest BCUT2D eigenvalue weighted by Gasteiger charge is -2.19. The summed E-state index contributed by atoms with van der Waals surface area (Å²) in [7, 11) is 0. The number of hydrogen-bond acceptors (Lipinski definition) is 4. The Balaban J connectivity index is 2.88. The molecule has 166 valence electrons. The number of nitrogens with two attached hydrogens (primary N) is 1. The number of nitrogens with one attached hydrogen (secondary N) is 1. The monoisotopic (exact) mass is 418 g/mol. The minimum absolute atomic E-state index is 0.0732. The van der Waals surface area contributed by atoms with Crippen LogP contribution in [0.25, 0.3) is 0 Å². The summed E-state index contributed by atoms with van der Waals surface area (Å²) < 4.78 is 19.1. The predicted molar refractivity (Wildman–Crippen MR) is 120 cm³/mol. The molecule has 1 aliphatic carbocycles. The van der Waals surface area contributed by atoms with Crippen molar-refractivity contribution in [3.8, 4) is 0 Å². The van der Waals surface area contributed by atoms with Gasteiger partial charge in [0, 0.05) is 25.1 Å². The van der Waals surface area contributed by atoms with E-state index in [-0.39, 0.29) is 23.4 Å². The van der Waals surface area contributed by atoms with E-state index in [1.165, 1.54) is 6.08 Å². The van der Waals surface area contributed by atoms with Crippen molar-refractivity contribution >= 4 is 5.97 Å². The van der Waals surface area contributed by atoms with Crippen LogP contribution in [0.2, 0.25) is 0 Å². The molecule has 0 saturated carbocycles. The normalized spacial score (nSPS) is 16.8. The van der Waals surface area contributed by atoms with Gasteiger partial charge in [0.15, 0.2) is 0 Å². The molecule has 0 heterocycles. The van der Waals surface area contributed by atoms with Crippen molar-refractivity contribution in [2.24, 2.45) is 17.6 Å². The SMILES string of the molecule is C=CC(/C=C(\CC[C@H](/C=C(\N)C(=O)O)CNC(=C)C)COC1=CC=C(F)CC1)CC. The molecule has 0 saturated heterocycles. The molecule has 30 heavy (non-hydrogen) atoms. The van der Waals surface area contributed by atoms with Gasteiger partial charge in [-0.3, -0.25) is 0 Å². The van der Waals surface area contributed by atoms with E-state index >= 15 is 0 Å². The molecule has 0 aromatic rings. The number of carbonyl (C=O) groups is 1. The molecule has 5 nitrogen and oxygen atoms in total. The highest BCUT2D eigenvalue weighted by atomic mass is 19.1. The summed E-state index contributed by atoms with van der Waals surface area (Å²) in [5, 5.41) is 12.3. The van der Waals surface area contributed by atoms with Crippen LogP contribution in [0.4, 0.5) is 4.39 Å². The van der Waals surface area contributed by atoms with Crippen LogP contribution in [-0.4, -0.2) is 24.2 Å². The second kappa shape index (κ2) is 13.5. The van der Waals surface area contributed by atoms with Gasteiger partial charge in [0.05, 0.1) is 5.76 Å². The van der Waals surface area contributed by atoms with Crippen molar-refractivity contribution < 1.29 is 19.0 Å². The Morgan fingerprint density at radius 2 is 2.13 bits per heavy atom. The van der Waals surface area contributed by atoms with E-state index in [0.29, 0.717) is 38.8 Å². The fraction of sp³-hybridized carbons (Fsp3) is 0.458. The van der Waals surface area contributed by atoms with Crippen LogP contribution < -0.4 is 11.1 Å². The Morgan fingerprint density at radius 3 is 2.67 bits per heavy atom. The Morgan fingerprint density at radius 1 is 1.40 bits per heavy atom. The maximum absolute atomic E-state index is 13.2. The summed E-state index contributed by atoms with van der Waals surface area (Å²) in [5.41, 5.74) is 7.38. The number of hydrogen-bond donors (Lipinski definition) is 3. The zero-order chi connectivity index (χ0) is 22.5. The topological polar surface area (TPSA) is 84.6 Å². The average Bonchev–Trinajstić information content (AvgIpc) is 2.71. The van der Waals surface area contributed by atoms with E-state index in [4.69, 9.17) is 15.6 Å². The molecule has 1 unspecified atom stereocenters. The largest absolute Gasteiger partial charge is 0.494 e. The number of rotatable bonds is 14. The lowest BCUT2D eigenvalue weighted by molar-refractivity contribution is -0.132. The zero-order valence-corrected chi connectivity index (χ0v) is 18.1. The van der Waals surface area contributed by atoms with Crippen molar-refractivity contribution in [1.29, 1.82) is 0 Å². The molecule has 0 amide bonds. The average molecular weight is 419 g/mol. The summed E-state index contributed by atoms with van der Waals surface area (Å²) in [6.07, 6.45) is 12.0. The third-order valence-electron chi connectivity index (χ3n) is 4.89. The van der Waals surface area contributed by atoms with Gasteiger partial charge in [-0.1, -0.05) is 25.7 Å². The number of carboxylic acid groups (broad SMARTS) is 1. The number of carboxylic acids is 1. The molecule has 0 fully saturated rings. The Labute approximate surface area is 179 Å². The molecular weight excluding hydrogens is 383 g/mol. The number of aliphatic carboxylic acids is 1. The lowest BCUT2D eigenvalue weighted by atomic mass is 9.95. The second-order valence-corrected chi connectivity index (χ2v) is 7.56. The third-order valence-corrected chi connectivity index (χ3v) is 4.89. The molecular formula is C24H35FN2O3. The van der Waals surface area contributed by atoms with Crippen LogP contribution in [-0.2, 0) is 9.53 Å². The maximum atomic E-state index is 13.2. The van der Waals surface area contributed by atoms with Crippen LogP contribution in [0.3, 0.4) is 0 Å². The van der Waals surface area contributed by atoms with E-state index in [2.05, 4.69) is 31.5 Å². The molecule has 2 atom stereocenters. The molecule has 0 bridgehead atoms. The van der Waals surface area contributed by atoms with Crippen LogP contribution in [0.5, 0.6) is 0 Å². The number of allylic oxidation sites excluding steroid dienone is 7. The molecule has 4 N–H and O–H groups in total. The van der Waals surface area contributed by atoms with Gasteiger partial charge in [-0.15, -0.1) is 6.58 Å². The first-order valence-electron chi connectivity index (χ1n) is 10.3. The van der Waals surface area contributed by atoms with Gasteiger partial charge in [0.1, 0.15) is 18.1 Å². The minimum atomic E-state index is -1.13. The van der Waals surface area contributed by atoms with Crippen molar-refractivity contribution in [3.63, 3.8) is 0 Å². The van der Waals surface area contributed by atoms with Crippen LogP contribution in [0.15, 0.2) is 72.1 Å². The minimum Gasteiger partial charge on any atom is -0.494 e. The van der Waals surface area contributed by atoms with Crippen molar-refractivity contribution in [2.75, 3.05) is 13.2 Å². The van der Waals surface area contributed by atoms with Crippen molar-refractivity contribution in [2.45, 2.75) is 46.0 Å². The Kier molecular flexibility index (Phi) is 11.3. The Bertz CT molecular complexity index is 735. The first kappa shape index (κ1) is 25.3. The van der Waals surface area contributed by atoms with Gasteiger partial charge >= 0.3 is 5.97 Å². The number of ether oxygens (including phenoxy) is 1. The van der Waals surface area contributed by atoms with Gasteiger partial charge in [-0.25, -0.2) is 9.18 Å². The highest BCUT2D eigenvalue weighted by molar-refractivity contribution is 5.85. The third kappa shape index (κ3) is 10.1. The van der Waals surface area contributed by atoms with E-state index in [1.807, 2.05) is 13.0 Å². The van der Waals surface area contributed by atoms with E-state index in [1.54, 1.807) is 12.2 Å². The first-order valence-corrected chi connectivity index (χ1v) is 10.3. The van der Waals surface area contributed by atoms with Crippen LogP contribution >= 0.6 is 0 Å². The van der Waals surface area contributed by atoms with Gasteiger partial charge in [0.2, 0.25) is 0 Å². The summed E-state index contributed by atoms with van der Waals surface area (Å²) >= 11 is 0. The van der Waals surface area contributed by atoms with Gasteiger partial charge < -0.3 is 20.9 Å². The Hall–Kier alpha value is -2.76. The second-order valence-electron chi connectivity index (χ2n) is 7.56. The van der Waals surface area contributed by atoms with Gasteiger partial charge in [0.25, 0.3) is 0 Å². The van der Waals surface area contributed by atoms with Crippen molar-refractivity contribution in [3.05, 3.63) is 72.1 Å². The smallest absolute Gasteiger partial charge is 0.351 e. The quantitative estimate of drug-likeness (QED) is 0.269.